The number of aryl methyl sites for hydroxylation is 1. The molecule has 4 nitrogen and oxygen atoms in total. The number of para-hydroxylation sites is 1. The molecule has 24 heavy (non-hydrogen) atoms. The van der Waals surface area contributed by atoms with Crippen molar-refractivity contribution in [2.24, 2.45) is 0 Å². The molecule has 0 bridgehead atoms. The zero-order valence-electron chi connectivity index (χ0n) is 13.0. The van der Waals surface area contributed by atoms with Crippen molar-refractivity contribution in [2.45, 2.75) is 12.8 Å². The van der Waals surface area contributed by atoms with E-state index in [-0.39, 0.29) is 0 Å². The lowest BCUT2D eigenvalue weighted by atomic mass is 10.0. The van der Waals surface area contributed by atoms with E-state index < -0.39 is 5.97 Å². The second kappa shape index (κ2) is 6.09. The Morgan fingerprint density at radius 3 is 2.62 bits per heavy atom. The van der Waals surface area contributed by atoms with Crippen molar-refractivity contribution in [3.8, 4) is 11.3 Å². The monoisotopic (exact) mass is 336 g/mol. The molecule has 1 aliphatic rings. The minimum absolute atomic E-state index is 0.291. The summed E-state index contributed by atoms with van der Waals surface area (Å²) < 4.78 is 0. The van der Waals surface area contributed by atoms with E-state index >= 15 is 0 Å². The smallest absolute Gasteiger partial charge is 0.348 e. The van der Waals surface area contributed by atoms with Gasteiger partial charge in [-0.05, 0) is 24.5 Å². The number of aromatic carboxylic acids is 1. The Balaban J connectivity index is 1.82. The molecule has 0 unspecified atom stereocenters. The predicted molar refractivity (Wildman–Crippen MR) is 96.3 cm³/mol. The topological polar surface area (TPSA) is 53.4 Å². The quantitative estimate of drug-likeness (QED) is 0.760. The molecule has 1 aliphatic heterocycles. The van der Waals surface area contributed by atoms with Crippen molar-refractivity contribution < 1.29 is 9.90 Å². The van der Waals surface area contributed by atoms with Crippen LogP contribution in [0.4, 0.5) is 10.8 Å². The molecule has 4 rings (SSSR count). The first-order chi connectivity index (χ1) is 11.7. The van der Waals surface area contributed by atoms with Gasteiger partial charge in [-0.3, -0.25) is 0 Å². The summed E-state index contributed by atoms with van der Waals surface area (Å²) in [6.45, 7) is 0.859. The number of hydrogen-bond donors (Lipinski definition) is 1. The minimum Gasteiger partial charge on any atom is -0.477 e. The fourth-order valence-corrected chi connectivity index (χ4v) is 4.06. The fourth-order valence-electron chi connectivity index (χ4n) is 3.09. The Kier molecular flexibility index (Phi) is 3.78. The molecule has 0 atom stereocenters. The molecule has 0 saturated carbocycles. The minimum atomic E-state index is -0.928. The summed E-state index contributed by atoms with van der Waals surface area (Å²) >= 11 is 1.25. The Bertz CT molecular complexity index is 889. The highest BCUT2D eigenvalue weighted by Crippen LogP contribution is 2.39. The van der Waals surface area contributed by atoms with E-state index in [1.807, 2.05) is 42.5 Å². The van der Waals surface area contributed by atoms with Crippen LogP contribution in [-0.2, 0) is 6.42 Å². The van der Waals surface area contributed by atoms with Gasteiger partial charge in [-0.2, -0.15) is 0 Å². The third-order valence-electron chi connectivity index (χ3n) is 4.20. The highest BCUT2D eigenvalue weighted by atomic mass is 32.1. The van der Waals surface area contributed by atoms with Gasteiger partial charge in [-0.15, -0.1) is 0 Å². The van der Waals surface area contributed by atoms with Gasteiger partial charge < -0.3 is 10.0 Å². The van der Waals surface area contributed by atoms with Gasteiger partial charge in [-0.25, -0.2) is 9.78 Å². The van der Waals surface area contributed by atoms with Crippen LogP contribution in [0.1, 0.15) is 21.7 Å². The first kappa shape index (κ1) is 14.9. The maximum absolute atomic E-state index is 11.7. The van der Waals surface area contributed by atoms with Crippen LogP contribution in [0.5, 0.6) is 0 Å². The van der Waals surface area contributed by atoms with Crippen LogP contribution in [-0.4, -0.2) is 22.6 Å². The molecule has 2 heterocycles. The number of thiazole rings is 1. The number of carbonyl (C=O) groups is 1. The normalized spacial score (nSPS) is 13.6. The third-order valence-corrected chi connectivity index (χ3v) is 5.26. The van der Waals surface area contributed by atoms with Crippen LogP contribution in [0, 0.1) is 0 Å². The van der Waals surface area contributed by atoms with Crippen LogP contribution in [0.3, 0.4) is 0 Å². The van der Waals surface area contributed by atoms with Crippen molar-refractivity contribution in [3.05, 3.63) is 65.0 Å². The lowest BCUT2D eigenvalue weighted by Gasteiger charge is -2.28. The molecule has 0 saturated heterocycles. The average molecular weight is 336 g/mol. The SMILES string of the molecule is O=C(O)c1sc(N2CCCc3ccccc32)nc1-c1ccccc1. The van der Waals surface area contributed by atoms with E-state index in [1.54, 1.807) is 0 Å². The van der Waals surface area contributed by atoms with E-state index in [9.17, 15) is 9.90 Å². The van der Waals surface area contributed by atoms with Crippen molar-refractivity contribution in [3.63, 3.8) is 0 Å². The lowest BCUT2D eigenvalue weighted by Crippen LogP contribution is -2.24. The van der Waals surface area contributed by atoms with Gasteiger partial charge in [0.25, 0.3) is 0 Å². The predicted octanol–water partition coefficient (Wildman–Crippen LogP) is 4.59. The van der Waals surface area contributed by atoms with Gasteiger partial charge in [-0.1, -0.05) is 59.9 Å². The molecule has 0 radical (unpaired) electrons. The van der Waals surface area contributed by atoms with Crippen LogP contribution >= 0.6 is 11.3 Å². The van der Waals surface area contributed by atoms with Gasteiger partial charge in [0.15, 0.2) is 5.13 Å². The molecule has 0 fully saturated rings. The zero-order chi connectivity index (χ0) is 16.5. The molecule has 2 aromatic carbocycles. The maximum atomic E-state index is 11.7. The van der Waals surface area contributed by atoms with Crippen molar-refractivity contribution in [2.75, 3.05) is 11.4 Å². The number of carboxylic acids is 1. The van der Waals surface area contributed by atoms with E-state index in [0.717, 1.165) is 35.8 Å². The van der Waals surface area contributed by atoms with Gasteiger partial charge >= 0.3 is 5.97 Å². The summed E-state index contributed by atoms with van der Waals surface area (Å²) in [6, 6.07) is 17.8. The number of anilines is 2. The summed E-state index contributed by atoms with van der Waals surface area (Å²) in [5.74, 6) is -0.928. The van der Waals surface area contributed by atoms with Gasteiger partial charge in [0.05, 0.1) is 5.69 Å². The van der Waals surface area contributed by atoms with Crippen LogP contribution < -0.4 is 4.90 Å². The van der Waals surface area contributed by atoms with Crippen LogP contribution in [0.2, 0.25) is 0 Å². The highest BCUT2D eigenvalue weighted by Gasteiger charge is 2.25. The van der Waals surface area contributed by atoms with Gasteiger partial charge in [0, 0.05) is 17.8 Å². The highest BCUT2D eigenvalue weighted by molar-refractivity contribution is 7.18. The summed E-state index contributed by atoms with van der Waals surface area (Å²) in [5.41, 5.74) is 3.81. The summed E-state index contributed by atoms with van der Waals surface area (Å²) in [5, 5.41) is 10.3. The average Bonchev–Trinajstić information content (AvgIpc) is 3.07. The van der Waals surface area contributed by atoms with E-state index in [1.165, 1.54) is 16.9 Å². The molecule has 120 valence electrons. The number of fused-ring (bicyclic) bond motifs is 1. The molecule has 1 N–H and O–H groups in total. The number of hydrogen-bond acceptors (Lipinski definition) is 4. The molecule has 3 aromatic rings. The molecule has 0 aliphatic carbocycles. The number of aromatic nitrogens is 1. The fraction of sp³-hybridized carbons (Fsp3) is 0.158. The molecular formula is C19H16N2O2S. The third kappa shape index (κ3) is 2.57. The second-order valence-electron chi connectivity index (χ2n) is 5.73. The first-order valence-corrected chi connectivity index (χ1v) is 8.70. The number of nitrogens with zero attached hydrogens (tertiary/aromatic N) is 2. The number of benzene rings is 2. The molecular weight excluding hydrogens is 320 g/mol. The van der Waals surface area contributed by atoms with E-state index in [2.05, 4.69) is 22.0 Å². The van der Waals surface area contributed by atoms with Crippen LogP contribution in [0.15, 0.2) is 54.6 Å². The van der Waals surface area contributed by atoms with Gasteiger partial charge in [0.2, 0.25) is 0 Å². The molecule has 1 aromatic heterocycles. The molecule has 0 amide bonds. The largest absolute Gasteiger partial charge is 0.477 e. The Morgan fingerprint density at radius 2 is 1.83 bits per heavy atom. The van der Waals surface area contributed by atoms with Crippen molar-refractivity contribution in [1.29, 1.82) is 0 Å². The maximum Gasteiger partial charge on any atom is 0.348 e. The lowest BCUT2D eigenvalue weighted by molar-refractivity contribution is 0.0702. The summed E-state index contributed by atoms with van der Waals surface area (Å²) in [6.07, 6.45) is 2.09. The Labute approximate surface area is 144 Å². The Hall–Kier alpha value is -2.66. The standard InChI is InChI=1S/C19H16N2O2S/c22-18(23)17-16(14-8-2-1-3-9-14)20-19(24-17)21-12-6-10-13-7-4-5-11-15(13)21/h1-5,7-9,11H,6,10,12H2,(H,22,23). The summed E-state index contributed by atoms with van der Waals surface area (Å²) in [4.78, 5) is 18.8. The summed E-state index contributed by atoms with van der Waals surface area (Å²) in [7, 11) is 0. The Morgan fingerprint density at radius 1 is 1.08 bits per heavy atom. The molecule has 5 heteroatoms. The van der Waals surface area contributed by atoms with E-state index in [4.69, 9.17) is 0 Å². The van der Waals surface area contributed by atoms with Gasteiger partial charge in [0.1, 0.15) is 4.88 Å². The second-order valence-corrected chi connectivity index (χ2v) is 6.71. The van der Waals surface area contributed by atoms with Crippen LogP contribution in [0.25, 0.3) is 11.3 Å². The van der Waals surface area contributed by atoms with E-state index in [0.29, 0.717) is 10.6 Å². The van der Waals surface area contributed by atoms with Crippen molar-refractivity contribution in [1.82, 2.24) is 4.98 Å². The number of rotatable bonds is 3. The number of carboxylic acid groups (broad SMARTS) is 1. The zero-order valence-corrected chi connectivity index (χ0v) is 13.8. The first-order valence-electron chi connectivity index (χ1n) is 7.89. The van der Waals surface area contributed by atoms with Crippen molar-refractivity contribution >= 4 is 28.1 Å². The molecule has 0 spiro atoms.